The lowest BCUT2D eigenvalue weighted by Crippen LogP contribution is -2.40. The maximum Gasteiger partial charge on any atom is 0.240 e. The Morgan fingerprint density at radius 1 is 1.07 bits per heavy atom. The standard InChI is InChI=1S/C21H22ClFN2O4S/c1-30(28,29)13-20(27)25-21(24)16(10-14-2-6-17(22)7-3-14)12-19(26)11-15-4-8-18(23)9-5-15/h2-9,16H,10-13H2,1H3,(H2,24,25,27)/t16-/m1/s1. The normalized spacial score (nSPS) is 12.2. The van der Waals surface area contributed by atoms with E-state index < -0.39 is 33.2 Å². The van der Waals surface area contributed by atoms with E-state index >= 15 is 0 Å². The van der Waals surface area contributed by atoms with Crippen LogP contribution in [-0.2, 0) is 32.3 Å². The summed E-state index contributed by atoms with van der Waals surface area (Å²) in [6, 6.07) is 12.4. The SMILES string of the molecule is CS(=O)(=O)CC(=O)NC(=N)[C@@H](CC(=O)Cc1ccc(F)cc1)Cc1ccc(Cl)cc1. The highest BCUT2D eigenvalue weighted by Gasteiger charge is 2.22. The molecule has 0 fully saturated rings. The number of amides is 1. The molecule has 0 spiro atoms. The van der Waals surface area contributed by atoms with Crippen molar-refractivity contribution < 1.29 is 22.4 Å². The Hall–Kier alpha value is -2.58. The largest absolute Gasteiger partial charge is 0.314 e. The topological polar surface area (TPSA) is 104 Å². The van der Waals surface area contributed by atoms with E-state index in [4.69, 9.17) is 17.0 Å². The van der Waals surface area contributed by atoms with Gasteiger partial charge < -0.3 is 5.32 Å². The summed E-state index contributed by atoms with van der Waals surface area (Å²) < 4.78 is 35.6. The first-order valence-corrected chi connectivity index (χ1v) is 11.5. The summed E-state index contributed by atoms with van der Waals surface area (Å²) in [6.07, 6.45) is 1.22. The fraction of sp³-hybridized carbons (Fsp3) is 0.286. The molecule has 2 rings (SSSR count). The summed E-state index contributed by atoms with van der Waals surface area (Å²) in [5.41, 5.74) is 1.44. The summed E-state index contributed by atoms with van der Waals surface area (Å²) in [5.74, 6) is -3.06. The second-order valence-electron chi connectivity index (χ2n) is 7.11. The van der Waals surface area contributed by atoms with Gasteiger partial charge in [-0.15, -0.1) is 0 Å². The van der Waals surface area contributed by atoms with Gasteiger partial charge in [0.05, 0.1) is 0 Å². The molecule has 9 heteroatoms. The van der Waals surface area contributed by atoms with Gasteiger partial charge in [0.15, 0.2) is 9.84 Å². The molecule has 6 nitrogen and oxygen atoms in total. The molecule has 0 saturated heterocycles. The number of hydrogen-bond donors (Lipinski definition) is 2. The van der Waals surface area contributed by atoms with Crippen LogP contribution in [0.1, 0.15) is 17.5 Å². The highest BCUT2D eigenvalue weighted by atomic mass is 35.5. The Bertz CT molecular complexity index is 1020. The van der Waals surface area contributed by atoms with Gasteiger partial charge in [0.1, 0.15) is 23.2 Å². The van der Waals surface area contributed by atoms with Crippen molar-refractivity contribution in [3.8, 4) is 0 Å². The van der Waals surface area contributed by atoms with Crippen LogP contribution in [0.25, 0.3) is 0 Å². The lowest BCUT2D eigenvalue weighted by atomic mass is 9.91. The van der Waals surface area contributed by atoms with Crippen molar-refractivity contribution >= 4 is 39.0 Å². The van der Waals surface area contributed by atoms with Crippen LogP contribution < -0.4 is 5.32 Å². The van der Waals surface area contributed by atoms with Crippen LogP contribution in [0.3, 0.4) is 0 Å². The highest BCUT2D eigenvalue weighted by Crippen LogP contribution is 2.18. The summed E-state index contributed by atoms with van der Waals surface area (Å²) in [4.78, 5) is 24.5. The van der Waals surface area contributed by atoms with E-state index in [-0.39, 0.29) is 30.9 Å². The Balaban J connectivity index is 2.11. The van der Waals surface area contributed by atoms with Crippen LogP contribution >= 0.6 is 11.6 Å². The summed E-state index contributed by atoms with van der Waals surface area (Å²) >= 11 is 5.89. The molecule has 0 aliphatic carbocycles. The average molecular weight is 453 g/mol. The molecule has 0 aliphatic heterocycles. The van der Waals surface area contributed by atoms with Crippen molar-refractivity contribution in [2.45, 2.75) is 19.3 Å². The van der Waals surface area contributed by atoms with Gasteiger partial charge in [-0.1, -0.05) is 35.9 Å². The maximum absolute atomic E-state index is 13.0. The van der Waals surface area contributed by atoms with Gasteiger partial charge in [-0.05, 0) is 41.8 Å². The van der Waals surface area contributed by atoms with Crippen molar-refractivity contribution in [3.05, 3.63) is 70.5 Å². The fourth-order valence-electron chi connectivity index (χ4n) is 2.88. The van der Waals surface area contributed by atoms with E-state index in [1.807, 2.05) is 0 Å². The molecule has 0 unspecified atom stereocenters. The van der Waals surface area contributed by atoms with Crippen LogP contribution in [0.5, 0.6) is 0 Å². The molecule has 0 bridgehead atoms. The molecule has 0 saturated carbocycles. The number of Topliss-reactive ketones (excluding diaryl/α,β-unsaturated/α-hetero) is 1. The Kier molecular flexibility index (Phi) is 8.25. The van der Waals surface area contributed by atoms with Crippen molar-refractivity contribution in [1.29, 1.82) is 5.41 Å². The minimum absolute atomic E-state index is 0.0437. The fourth-order valence-corrected chi connectivity index (χ4v) is 3.56. The Morgan fingerprint density at radius 2 is 1.63 bits per heavy atom. The molecular weight excluding hydrogens is 431 g/mol. The number of amidine groups is 1. The minimum atomic E-state index is -3.55. The lowest BCUT2D eigenvalue weighted by Gasteiger charge is -2.18. The molecule has 0 aliphatic rings. The highest BCUT2D eigenvalue weighted by molar-refractivity contribution is 7.91. The first kappa shape index (κ1) is 23.7. The number of nitrogens with one attached hydrogen (secondary N) is 2. The number of sulfone groups is 1. The van der Waals surface area contributed by atoms with Crippen LogP contribution in [0.2, 0.25) is 5.02 Å². The number of rotatable bonds is 9. The zero-order valence-corrected chi connectivity index (χ0v) is 17.9. The van der Waals surface area contributed by atoms with Gasteiger partial charge in [0.2, 0.25) is 5.91 Å². The summed E-state index contributed by atoms with van der Waals surface area (Å²) in [5, 5.41) is 11.0. The second-order valence-corrected chi connectivity index (χ2v) is 9.68. The molecule has 160 valence electrons. The number of carbonyl (C=O) groups excluding carboxylic acids is 2. The molecule has 2 aromatic carbocycles. The predicted molar refractivity (Wildman–Crippen MR) is 114 cm³/mol. The molecule has 1 atom stereocenters. The van der Waals surface area contributed by atoms with Crippen LogP contribution in [-0.4, -0.2) is 38.0 Å². The maximum atomic E-state index is 13.0. The first-order chi connectivity index (χ1) is 14.0. The van der Waals surface area contributed by atoms with Crippen LogP contribution in [0.4, 0.5) is 4.39 Å². The molecule has 30 heavy (non-hydrogen) atoms. The van der Waals surface area contributed by atoms with E-state index in [1.54, 1.807) is 24.3 Å². The van der Waals surface area contributed by atoms with Gasteiger partial charge in [-0.2, -0.15) is 0 Å². The Labute approximate surface area is 179 Å². The quantitative estimate of drug-likeness (QED) is 0.450. The Morgan fingerprint density at radius 3 is 2.20 bits per heavy atom. The average Bonchev–Trinajstić information content (AvgIpc) is 2.63. The molecular formula is C21H22ClFN2O4S. The number of halogens is 2. The number of carbonyl (C=O) groups is 2. The van der Waals surface area contributed by atoms with Gasteiger partial charge in [-0.3, -0.25) is 15.0 Å². The minimum Gasteiger partial charge on any atom is -0.314 e. The van der Waals surface area contributed by atoms with Gasteiger partial charge in [0, 0.05) is 30.0 Å². The smallest absolute Gasteiger partial charge is 0.240 e. The van der Waals surface area contributed by atoms with E-state index in [1.165, 1.54) is 24.3 Å². The van der Waals surface area contributed by atoms with Crippen molar-refractivity contribution in [1.82, 2.24) is 5.32 Å². The van der Waals surface area contributed by atoms with Gasteiger partial charge in [0.25, 0.3) is 0 Å². The number of hydrogen-bond acceptors (Lipinski definition) is 5. The third-order valence-corrected chi connectivity index (χ3v) is 5.30. The number of ketones is 1. The zero-order valence-electron chi connectivity index (χ0n) is 16.3. The van der Waals surface area contributed by atoms with Gasteiger partial charge in [-0.25, -0.2) is 12.8 Å². The summed E-state index contributed by atoms with van der Waals surface area (Å²) in [7, 11) is -3.55. The van der Waals surface area contributed by atoms with Crippen molar-refractivity contribution in [2.24, 2.45) is 5.92 Å². The lowest BCUT2D eigenvalue weighted by molar-refractivity contribution is -0.119. The van der Waals surface area contributed by atoms with E-state index in [0.717, 1.165) is 11.8 Å². The van der Waals surface area contributed by atoms with Gasteiger partial charge >= 0.3 is 0 Å². The molecule has 0 radical (unpaired) electrons. The second kappa shape index (κ2) is 10.4. The van der Waals surface area contributed by atoms with Crippen LogP contribution in [0, 0.1) is 17.1 Å². The van der Waals surface area contributed by atoms with E-state index in [2.05, 4.69) is 5.32 Å². The molecule has 1 amide bonds. The van der Waals surface area contributed by atoms with Crippen molar-refractivity contribution in [2.75, 3.05) is 12.0 Å². The molecule has 0 heterocycles. The molecule has 2 N–H and O–H groups in total. The monoisotopic (exact) mass is 452 g/mol. The zero-order chi connectivity index (χ0) is 22.3. The first-order valence-electron chi connectivity index (χ1n) is 9.08. The molecule has 0 aromatic heterocycles. The van der Waals surface area contributed by atoms with Crippen LogP contribution in [0.15, 0.2) is 48.5 Å². The van der Waals surface area contributed by atoms with E-state index in [0.29, 0.717) is 10.6 Å². The third kappa shape index (κ3) is 8.42. The number of benzene rings is 2. The summed E-state index contributed by atoms with van der Waals surface area (Å²) in [6.45, 7) is 0. The molecule has 2 aromatic rings. The third-order valence-electron chi connectivity index (χ3n) is 4.26. The van der Waals surface area contributed by atoms with E-state index in [9.17, 15) is 22.4 Å². The predicted octanol–water partition coefficient (Wildman–Crippen LogP) is 2.98. The van der Waals surface area contributed by atoms with Crippen molar-refractivity contribution in [3.63, 3.8) is 0 Å².